The molecule has 0 unspecified atom stereocenters. The van der Waals surface area contributed by atoms with E-state index >= 15 is 0 Å². The van der Waals surface area contributed by atoms with Crippen molar-refractivity contribution < 1.29 is 21.6 Å². The van der Waals surface area contributed by atoms with E-state index in [1.807, 2.05) is 6.07 Å². The van der Waals surface area contributed by atoms with E-state index in [1.54, 1.807) is 6.20 Å². The summed E-state index contributed by atoms with van der Waals surface area (Å²) in [6.45, 7) is 1.94. The normalized spacial score (nSPS) is 29.1. The minimum absolute atomic E-state index is 0.0299. The molecule has 0 spiro atoms. The fourth-order valence-corrected chi connectivity index (χ4v) is 6.84. The number of halogens is 3. The maximum Gasteiger partial charge on any atom is 0.390 e. The molecule has 0 aromatic carbocycles. The number of rotatable bonds is 5. The molecule has 30 heavy (non-hydrogen) atoms. The van der Waals surface area contributed by atoms with Crippen molar-refractivity contribution >= 4 is 26.6 Å². The first kappa shape index (κ1) is 20.9. The van der Waals surface area contributed by atoms with Crippen LogP contribution < -0.4 is 10.6 Å². The molecule has 2 fully saturated rings. The maximum atomic E-state index is 12.8. The van der Waals surface area contributed by atoms with Gasteiger partial charge in [-0.2, -0.15) is 18.4 Å². The van der Waals surface area contributed by atoms with Gasteiger partial charge in [-0.05, 0) is 44.2 Å². The molecule has 0 radical (unpaired) electrons. The standard InChI is InChI=1S/C19H22F3N5O2S/c1-18(30(28,29)5-3-19(20,21)22)15-7-13(6-11(15)10-26-18)27-16-12(8-23)9-25-17-14(16)2-4-24-17/h2,4,9,11,13,15,26H,3,5-7,10H2,1H3,(H2,24,25,27)/t11-,13+,15+,18+/m1/s1. The zero-order valence-corrected chi connectivity index (χ0v) is 17.1. The van der Waals surface area contributed by atoms with Crippen molar-refractivity contribution in [3.63, 3.8) is 0 Å². The Hall–Kier alpha value is -2.32. The van der Waals surface area contributed by atoms with E-state index in [1.165, 1.54) is 13.1 Å². The SMILES string of the molecule is C[C@@]1(S(=O)(=O)CCC(F)(F)F)NC[C@H]2C[C@H](Nc3c(C#N)cnc4[nH]ccc34)C[C@@H]21. The number of pyridine rings is 1. The third-order valence-electron chi connectivity index (χ3n) is 6.47. The molecule has 11 heteroatoms. The highest BCUT2D eigenvalue weighted by molar-refractivity contribution is 7.92. The first-order valence-corrected chi connectivity index (χ1v) is 11.4. The van der Waals surface area contributed by atoms with Crippen LogP contribution in [0.15, 0.2) is 18.5 Å². The van der Waals surface area contributed by atoms with Gasteiger partial charge in [-0.3, -0.25) is 5.32 Å². The summed E-state index contributed by atoms with van der Waals surface area (Å²) >= 11 is 0. The molecule has 0 bridgehead atoms. The Morgan fingerprint density at radius 3 is 2.87 bits per heavy atom. The minimum Gasteiger partial charge on any atom is -0.381 e. The van der Waals surface area contributed by atoms with Crippen molar-refractivity contribution in [2.45, 2.75) is 43.3 Å². The number of aromatic nitrogens is 2. The van der Waals surface area contributed by atoms with Crippen LogP contribution in [0.4, 0.5) is 18.9 Å². The third-order valence-corrected chi connectivity index (χ3v) is 8.95. The van der Waals surface area contributed by atoms with Gasteiger partial charge in [0, 0.05) is 23.8 Å². The summed E-state index contributed by atoms with van der Waals surface area (Å²) in [6.07, 6.45) is -1.51. The Bertz CT molecular complexity index is 1110. The number of nitrogens with one attached hydrogen (secondary N) is 3. The zero-order chi connectivity index (χ0) is 21.7. The molecule has 3 N–H and O–H groups in total. The van der Waals surface area contributed by atoms with E-state index in [-0.39, 0.29) is 17.9 Å². The number of aromatic amines is 1. The molecule has 4 atom stereocenters. The van der Waals surface area contributed by atoms with Crippen molar-refractivity contribution in [3.05, 3.63) is 24.0 Å². The molecule has 1 saturated heterocycles. The van der Waals surface area contributed by atoms with Gasteiger partial charge in [0.2, 0.25) is 0 Å². The lowest BCUT2D eigenvalue weighted by atomic mass is 9.94. The highest BCUT2D eigenvalue weighted by atomic mass is 32.2. The number of fused-ring (bicyclic) bond motifs is 2. The number of nitrogens with zero attached hydrogens (tertiary/aromatic N) is 2. The Balaban J connectivity index is 1.55. The van der Waals surface area contributed by atoms with Gasteiger partial charge in [-0.1, -0.05) is 0 Å². The van der Waals surface area contributed by atoms with Gasteiger partial charge < -0.3 is 10.3 Å². The van der Waals surface area contributed by atoms with Crippen LogP contribution in [0.25, 0.3) is 11.0 Å². The summed E-state index contributed by atoms with van der Waals surface area (Å²) in [7, 11) is -4.01. The number of alkyl halides is 3. The molecule has 1 saturated carbocycles. The van der Waals surface area contributed by atoms with Gasteiger partial charge >= 0.3 is 6.18 Å². The molecule has 162 valence electrons. The number of H-pyrrole nitrogens is 1. The summed E-state index contributed by atoms with van der Waals surface area (Å²) < 4.78 is 63.5. The number of sulfone groups is 1. The number of anilines is 1. The van der Waals surface area contributed by atoms with Crippen LogP contribution in [-0.4, -0.2) is 47.8 Å². The lowest BCUT2D eigenvalue weighted by Crippen LogP contribution is -2.51. The Kier molecular flexibility index (Phi) is 4.97. The van der Waals surface area contributed by atoms with Gasteiger partial charge in [0.1, 0.15) is 16.6 Å². The summed E-state index contributed by atoms with van der Waals surface area (Å²) in [5, 5.41) is 16.6. The van der Waals surface area contributed by atoms with E-state index in [4.69, 9.17) is 0 Å². The largest absolute Gasteiger partial charge is 0.390 e. The van der Waals surface area contributed by atoms with Crippen LogP contribution in [-0.2, 0) is 9.84 Å². The summed E-state index contributed by atoms with van der Waals surface area (Å²) in [6, 6.07) is 3.84. The predicted molar refractivity (Wildman–Crippen MR) is 105 cm³/mol. The third kappa shape index (κ3) is 3.52. The molecular weight excluding hydrogens is 419 g/mol. The lowest BCUT2D eigenvalue weighted by molar-refractivity contribution is -0.130. The van der Waals surface area contributed by atoms with Crippen molar-refractivity contribution in [2.24, 2.45) is 11.8 Å². The summed E-state index contributed by atoms with van der Waals surface area (Å²) in [4.78, 5) is 5.80. The Morgan fingerprint density at radius 2 is 2.17 bits per heavy atom. The molecule has 2 aromatic heterocycles. The maximum absolute atomic E-state index is 12.8. The fourth-order valence-electron chi connectivity index (χ4n) is 4.86. The monoisotopic (exact) mass is 441 g/mol. The number of hydrogen-bond donors (Lipinski definition) is 3. The van der Waals surface area contributed by atoms with Gasteiger partial charge in [-0.15, -0.1) is 0 Å². The molecule has 7 nitrogen and oxygen atoms in total. The van der Waals surface area contributed by atoms with E-state index in [2.05, 4.69) is 26.7 Å². The van der Waals surface area contributed by atoms with Crippen LogP contribution >= 0.6 is 0 Å². The smallest absolute Gasteiger partial charge is 0.381 e. The van der Waals surface area contributed by atoms with Crippen LogP contribution in [0.2, 0.25) is 0 Å². The van der Waals surface area contributed by atoms with Crippen LogP contribution in [0.3, 0.4) is 0 Å². The van der Waals surface area contributed by atoms with E-state index in [0.29, 0.717) is 36.3 Å². The highest BCUT2D eigenvalue weighted by Crippen LogP contribution is 2.47. The second kappa shape index (κ2) is 7.13. The fraction of sp³-hybridized carbons (Fsp3) is 0.579. The second-order valence-corrected chi connectivity index (χ2v) is 10.7. The summed E-state index contributed by atoms with van der Waals surface area (Å²) in [5.41, 5.74) is 1.66. The number of nitriles is 1. The molecule has 1 aliphatic carbocycles. The molecule has 0 amide bonds. The van der Waals surface area contributed by atoms with Crippen molar-refractivity contribution in [2.75, 3.05) is 17.6 Å². The molecule has 2 aliphatic rings. The Labute approximate surface area is 172 Å². The van der Waals surface area contributed by atoms with Crippen LogP contribution in [0, 0.1) is 23.2 Å². The molecule has 3 heterocycles. The average molecular weight is 441 g/mol. The topological polar surface area (TPSA) is 111 Å². The minimum atomic E-state index is -4.52. The molecular formula is C19H22F3N5O2S. The first-order valence-electron chi connectivity index (χ1n) is 9.71. The van der Waals surface area contributed by atoms with Gasteiger partial charge in [0.05, 0.1) is 23.4 Å². The van der Waals surface area contributed by atoms with Crippen molar-refractivity contribution in [1.82, 2.24) is 15.3 Å². The number of hydrogen-bond acceptors (Lipinski definition) is 6. The van der Waals surface area contributed by atoms with Crippen molar-refractivity contribution in [3.8, 4) is 6.07 Å². The highest BCUT2D eigenvalue weighted by Gasteiger charge is 2.57. The predicted octanol–water partition coefficient (Wildman–Crippen LogP) is 2.93. The van der Waals surface area contributed by atoms with Crippen LogP contribution in [0.1, 0.15) is 31.7 Å². The second-order valence-electron chi connectivity index (χ2n) is 8.25. The van der Waals surface area contributed by atoms with Gasteiger partial charge in [-0.25, -0.2) is 13.4 Å². The molecule has 4 rings (SSSR count). The van der Waals surface area contributed by atoms with E-state index in [0.717, 1.165) is 5.39 Å². The van der Waals surface area contributed by atoms with Crippen LogP contribution in [0.5, 0.6) is 0 Å². The van der Waals surface area contributed by atoms with Gasteiger partial charge in [0.15, 0.2) is 9.84 Å². The van der Waals surface area contributed by atoms with Crippen molar-refractivity contribution in [1.29, 1.82) is 5.26 Å². The molecule has 2 aromatic rings. The summed E-state index contributed by atoms with van der Waals surface area (Å²) in [5.74, 6) is -1.20. The molecule has 1 aliphatic heterocycles. The zero-order valence-electron chi connectivity index (χ0n) is 16.3. The lowest BCUT2D eigenvalue weighted by Gasteiger charge is -2.31. The van der Waals surface area contributed by atoms with E-state index < -0.39 is 33.1 Å². The average Bonchev–Trinajstić information content (AvgIpc) is 3.37. The Morgan fingerprint density at radius 1 is 1.40 bits per heavy atom. The van der Waals surface area contributed by atoms with E-state index in [9.17, 15) is 26.9 Å². The van der Waals surface area contributed by atoms with Gasteiger partial charge in [0.25, 0.3) is 0 Å². The quantitative estimate of drug-likeness (QED) is 0.658. The first-order chi connectivity index (χ1) is 14.0.